The normalized spacial score (nSPS) is 12.8. The Morgan fingerprint density at radius 3 is 2.17 bits per heavy atom. The predicted molar refractivity (Wildman–Crippen MR) is 166 cm³/mol. The number of hydrogen-bond donors (Lipinski definition) is 1. The Morgan fingerprint density at radius 2 is 1.56 bits per heavy atom. The van der Waals surface area contributed by atoms with Crippen LogP contribution in [0.5, 0.6) is 0 Å². The van der Waals surface area contributed by atoms with Crippen LogP contribution in [-0.2, 0) is 26.0 Å². The van der Waals surface area contributed by atoms with Crippen LogP contribution in [0.4, 0.5) is 5.69 Å². The van der Waals surface area contributed by atoms with Crippen LogP contribution in [0.3, 0.4) is 0 Å². The third kappa shape index (κ3) is 8.11. The lowest BCUT2D eigenvalue weighted by Crippen LogP contribution is -2.54. The summed E-state index contributed by atoms with van der Waals surface area (Å²) in [5.41, 5.74) is 2.77. The summed E-state index contributed by atoms with van der Waals surface area (Å²) in [7, 11) is -4.15. The van der Waals surface area contributed by atoms with Gasteiger partial charge in [-0.2, -0.15) is 0 Å². The summed E-state index contributed by atoms with van der Waals surface area (Å²) >= 11 is 6.40. The molecule has 3 aromatic rings. The minimum absolute atomic E-state index is 0.0600. The van der Waals surface area contributed by atoms with Crippen LogP contribution < -0.4 is 9.62 Å². The number of sulfonamides is 1. The molecule has 0 aliphatic carbocycles. The number of amides is 2. The molecule has 0 spiro atoms. The summed E-state index contributed by atoms with van der Waals surface area (Å²) in [6.07, 6.45) is 1.64. The van der Waals surface area contributed by atoms with Crippen LogP contribution in [-0.4, -0.2) is 50.3 Å². The summed E-state index contributed by atoms with van der Waals surface area (Å²) in [6.45, 7) is 9.11. The maximum Gasteiger partial charge on any atom is 0.264 e. The summed E-state index contributed by atoms with van der Waals surface area (Å²) in [5, 5.41) is 3.38. The summed E-state index contributed by atoms with van der Waals surface area (Å²) in [4.78, 5) is 29.1. The van der Waals surface area contributed by atoms with Crippen LogP contribution in [0.2, 0.25) is 5.02 Å². The van der Waals surface area contributed by atoms with Crippen molar-refractivity contribution in [3.05, 3.63) is 94.5 Å². The molecule has 0 unspecified atom stereocenters. The highest BCUT2D eigenvalue weighted by molar-refractivity contribution is 7.92. The standard InChI is InChI=1S/C32H40ClN3O4S/c1-6-24(4)34-32(38)29(7-2)35(21-20-26-12-9-8-10-13-26)31(37)22-36(30-15-11-14-28(33)25(30)5)41(39,40)27-18-16-23(3)17-19-27/h8-19,24,29H,6-7,20-22H2,1-5H3,(H,34,38)/t24-,29-/m1/s1. The van der Waals surface area contributed by atoms with Gasteiger partial charge in [-0.05, 0) is 75.4 Å². The number of carbonyl (C=O) groups excluding carboxylic acids is 2. The van der Waals surface area contributed by atoms with Gasteiger partial charge in [0.05, 0.1) is 10.6 Å². The maximum absolute atomic E-state index is 14.1. The molecule has 41 heavy (non-hydrogen) atoms. The van der Waals surface area contributed by atoms with E-state index in [4.69, 9.17) is 11.6 Å². The molecule has 9 heteroatoms. The van der Waals surface area contributed by atoms with Crippen molar-refractivity contribution < 1.29 is 18.0 Å². The van der Waals surface area contributed by atoms with Crippen LogP contribution >= 0.6 is 11.6 Å². The number of benzene rings is 3. The first-order chi connectivity index (χ1) is 19.5. The van der Waals surface area contributed by atoms with Crippen LogP contribution in [0.15, 0.2) is 77.7 Å². The smallest absolute Gasteiger partial charge is 0.264 e. The van der Waals surface area contributed by atoms with E-state index in [9.17, 15) is 18.0 Å². The molecule has 1 N–H and O–H groups in total. The highest BCUT2D eigenvalue weighted by atomic mass is 35.5. The molecule has 3 aromatic carbocycles. The zero-order valence-electron chi connectivity index (χ0n) is 24.4. The van der Waals surface area contributed by atoms with Gasteiger partial charge in [-0.3, -0.25) is 13.9 Å². The van der Waals surface area contributed by atoms with Crippen molar-refractivity contribution in [2.75, 3.05) is 17.4 Å². The molecule has 3 rings (SSSR count). The predicted octanol–water partition coefficient (Wildman–Crippen LogP) is 5.92. The van der Waals surface area contributed by atoms with Gasteiger partial charge in [-0.15, -0.1) is 0 Å². The fourth-order valence-corrected chi connectivity index (χ4v) is 6.20. The van der Waals surface area contributed by atoms with Crippen molar-refractivity contribution in [3.8, 4) is 0 Å². The molecule has 0 aromatic heterocycles. The van der Waals surface area contributed by atoms with E-state index in [1.54, 1.807) is 37.3 Å². The molecule has 0 saturated carbocycles. The monoisotopic (exact) mass is 597 g/mol. The van der Waals surface area contributed by atoms with E-state index in [0.29, 0.717) is 29.1 Å². The average Bonchev–Trinajstić information content (AvgIpc) is 2.96. The lowest BCUT2D eigenvalue weighted by molar-refractivity contribution is -0.139. The second kappa shape index (κ2) is 14.5. The SMILES string of the molecule is CC[C@@H](C)NC(=O)[C@@H](CC)N(CCc1ccccc1)C(=O)CN(c1cccc(Cl)c1C)S(=O)(=O)c1ccc(C)cc1. The van der Waals surface area contributed by atoms with E-state index >= 15 is 0 Å². The number of carbonyl (C=O) groups is 2. The van der Waals surface area contributed by atoms with Gasteiger partial charge in [-0.25, -0.2) is 8.42 Å². The third-order valence-corrected chi connectivity index (χ3v) is 9.45. The van der Waals surface area contributed by atoms with E-state index < -0.39 is 28.5 Å². The van der Waals surface area contributed by atoms with Gasteiger partial charge in [-0.1, -0.05) is 79.5 Å². The number of anilines is 1. The Hall–Kier alpha value is -3.36. The van der Waals surface area contributed by atoms with Gasteiger partial charge >= 0.3 is 0 Å². The fourth-order valence-electron chi connectivity index (χ4n) is 4.55. The summed E-state index contributed by atoms with van der Waals surface area (Å²) in [5.74, 6) is -0.725. The Bertz CT molecular complexity index is 1430. The first-order valence-corrected chi connectivity index (χ1v) is 15.8. The number of halogens is 1. The molecule has 0 aliphatic rings. The van der Waals surface area contributed by atoms with E-state index in [0.717, 1.165) is 21.9 Å². The van der Waals surface area contributed by atoms with Gasteiger partial charge in [0, 0.05) is 17.6 Å². The second-order valence-electron chi connectivity index (χ2n) is 10.3. The molecule has 0 heterocycles. The Kier molecular flexibility index (Phi) is 11.4. The molecule has 0 radical (unpaired) electrons. The van der Waals surface area contributed by atoms with Gasteiger partial charge in [0.15, 0.2) is 0 Å². The summed E-state index contributed by atoms with van der Waals surface area (Å²) in [6, 6.07) is 20.4. The lowest BCUT2D eigenvalue weighted by Gasteiger charge is -2.34. The van der Waals surface area contributed by atoms with Gasteiger partial charge < -0.3 is 10.2 Å². The van der Waals surface area contributed by atoms with Crippen molar-refractivity contribution in [1.29, 1.82) is 0 Å². The van der Waals surface area contributed by atoms with Crippen LogP contribution in [0, 0.1) is 13.8 Å². The molecule has 7 nitrogen and oxygen atoms in total. The maximum atomic E-state index is 14.1. The van der Waals surface area contributed by atoms with Gasteiger partial charge in [0.1, 0.15) is 12.6 Å². The third-order valence-electron chi connectivity index (χ3n) is 7.27. The van der Waals surface area contributed by atoms with E-state index in [1.807, 2.05) is 58.0 Å². The van der Waals surface area contributed by atoms with Crippen LogP contribution in [0.25, 0.3) is 0 Å². The molecule has 2 atom stereocenters. The van der Waals surface area contributed by atoms with Gasteiger partial charge in [0.2, 0.25) is 11.8 Å². The molecule has 2 amide bonds. The van der Waals surface area contributed by atoms with Gasteiger partial charge in [0.25, 0.3) is 10.0 Å². The number of aryl methyl sites for hydroxylation is 1. The molecular weight excluding hydrogens is 558 g/mol. The highest BCUT2D eigenvalue weighted by Gasteiger charge is 2.34. The minimum Gasteiger partial charge on any atom is -0.352 e. The quantitative estimate of drug-likeness (QED) is 0.265. The topological polar surface area (TPSA) is 86.8 Å². The second-order valence-corrected chi connectivity index (χ2v) is 12.5. The molecule has 0 bridgehead atoms. The minimum atomic E-state index is -4.15. The molecule has 0 aliphatic heterocycles. The molecule has 0 saturated heterocycles. The average molecular weight is 598 g/mol. The van der Waals surface area contributed by atoms with E-state index in [1.165, 1.54) is 17.0 Å². The van der Waals surface area contributed by atoms with E-state index in [-0.39, 0.29) is 23.4 Å². The number of rotatable bonds is 13. The zero-order valence-corrected chi connectivity index (χ0v) is 26.0. The largest absolute Gasteiger partial charge is 0.352 e. The first-order valence-electron chi connectivity index (χ1n) is 14.0. The number of hydrogen-bond acceptors (Lipinski definition) is 4. The molecular formula is C32H40ClN3O4S. The van der Waals surface area contributed by atoms with Crippen molar-refractivity contribution in [1.82, 2.24) is 10.2 Å². The Morgan fingerprint density at radius 1 is 0.902 bits per heavy atom. The summed E-state index contributed by atoms with van der Waals surface area (Å²) < 4.78 is 29.2. The fraction of sp³-hybridized carbons (Fsp3) is 0.375. The lowest BCUT2D eigenvalue weighted by atomic mass is 10.1. The molecule has 0 fully saturated rings. The van der Waals surface area contributed by atoms with Crippen molar-refractivity contribution in [3.63, 3.8) is 0 Å². The zero-order chi connectivity index (χ0) is 30.2. The number of nitrogens with zero attached hydrogens (tertiary/aromatic N) is 2. The highest BCUT2D eigenvalue weighted by Crippen LogP contribution is 2.31. The Balaban J connectivity index is 2.05. The Labute approximate surface area is 249 Å². The van der Waals surface area contributed by atoms with Crippen LogP contribution in [0.1, 0.15) is 50.3 Å². The first kappa shape index (κ1) is 32.2. The van der Waals surface area contributed by atoms with Crippen molar-refractivity contribution in [2.24, 2.45) is 0 Å². The molecule has 220 valence electrons. The van der Waals surface area contributed by atoms with Crippen molar-refractivity contribution >= 4 is 39.1 Å². The number of nitrogens with one attached hydrogen (secondary N) is 1. The van der Waals surface area contributed by atoms with E-state index in [2.05, 4.69) is 5.32 Å². The van der Waals surface area contributed by atoms with Crippen molar-refractivity contribution in [2.45, 2.75) is 70.9 Å².